The Morgan fingerprint density at radius 2 is 1.79 bits per heavy atom. The molecule has 0 heterocycles. The van der Waals surface area contributed by atoms with Crippen LogP contribution in [0.3, 0.4) is 0 Å². The lowest BCUT2D eigenvalue weighted by Gasteiger charge is -2.14. The number of hydrogen-bond acceptors (Lipinski definition) is 2. The third-order valence-electron chi connectivity index (χ3n) is 1.99. The number of nitrogens with zero attached hydrogens (tertiary/aromatic N) is 2. The Morgan fingerprint density at radius 3 is 2.21 bits per heavy atom. The van der Waals surface area contributed by atoms with Crippen molar-refractivity contribution in [2.24, 2.45) is 21.6 Å². The van der Waals surface area contributed by atoms with Crippen molar-refractivity contribution in [1.82, 2.24) is 5.32 Å². The molecule has 0 aromatic carbocycles. The lowest BCUT2D eigenvalue weighted by atomic mass is 10.1. The summed E-state index contributed by atoms with van der Waals surface area (Å²) in [5.74, 6) is 1.80. The van der Waals surface area contributed by atoms with Gasteiger partial charge in [-0.15, -0.1) is 0 Å². The van der Waals surface area contributed by atoms with Crippen LogP contribution in [0.25, 0.3) is 0 Å². The van der Waals surface area contributed by atoms with Gasteiger partial charge in [0.2, 0.25) is 0 Å². The maximum atomic E-state index is 5.67. The van der Waals surface area contributed by atoms with Crippen LogP contribution in [0.15, 0.2) is 9.98 Å². The van der Waals surface area contributed by atoms with Crippen LogP contribution in [0.4, 0.5) is 0 Å². The summed E-state index contributed by atoms with van der Waals surface area (Å²) in [7, 11) is 0. The molecule has 0 aliphatic heterocycles. The largest absolute Gasteiger partial charge is 0.370 e. The number of rotatable bonds is 4. The molecule has 0 aromatic rings. The predicted molar refractivity (Wildman–Crippen MR) is 62.7 cm³/mol. The first-order valence-electron chi connectivity index (χ1n) is 5.26. The predicted octanol–water partition coefficient (Wildman–Crippen LogP) is 1.38. The number of amidine groups is 1. The van der Waals surface area contributed by atoms with Gasteiger partial charge in [0.05, 0.1) is 0 Å². The first-order valence-corrected chi connectivity index (χ1v) is 5.26. The molecule has 0 bridgehead atoms. The Hall–Kier alpha value is -1.06. The topological polar surface area (TPSA) is 62.8 Å². The number of nitrogens with two attached hydrogens (primary N) is 1. The number of aliphatic imine (C=N–C) groups is 2. The second kappa shape index (κ2) is 7.35. The highest BCUT2D eigenvalue weighted by atomic mass is 15.1. The van der Waals surface area contributed by atoms with E-state index in [1.54, 1.807) is 0 Å². The molecule has 14 heavy (non-hydrogen) atoms. The van der Waals surface area contributed by atoms with Gasteiger partial charge >= 0.3 is 0 Å². The maximum absolute atomic E-state index is 5.67. The molecule has 0 rings (SSSR count). The summed E-state index contributed by atoms with van der Waals surface area (Å²) in [5.41, 5.74) is 5.67. The van der Waals surface area contributed by atoms with Crippen molar-refractivity contribution >= 4 is 11.8 Å². The van der Waals surface area contributed by atoms with E-state index >= 15 is 0 Å². The van der Waals surface area contributed by atoms with Gasteiger partial charge in [-0.25, -0.2) is 0 Å². The summed E-state index contributed by atoms with van der Waals surface area (Å²) in [6, 6.07) is 0. The molecule has 0 saturated carbocycles. The smallest absolute Gasteiger partial charge is 0.194 e. The zero-order chi connectivity index (χ0) is 11.0. The van der Waals surface area contributed by atoms with Gasteiger partial charge in [0.1, 0.15) is 5.84 Å². The Kier molecular flexibility index (Phi) is 6.80. The molecule has 0 saturated heterocycles. The molecule has 0 spiro atoms. The van der Waals surface area contributed by atoms with E-state index in [9.17, 15) is 0 Å². The molecule has 1 atom stereocenters. The van der Waals surface area contributed by atoms with Crippen LogP contribution in [0, 0.1) is 5.92 Å². The Balaban J connectivity index is 4.38. The second-order valence-electron chi connectivity index (χ2n) is 3.15. The van der Waals surface area contributed by atoms with Crippen molar-refractivity contribution in [2.75, 3.05) is 13.1 Å². The van der Waals surface area contributed by atoms with Crippen LogP contribution in [-0.2, 0) is 0 Å². The summed E-state index contributed by atoms with van der Waals surface area (Å²) in [6.07, 6.45) is 1.05. The highest BCUT2D eigenvalue weighted by Gasteiger charge is 2.08. The highest BCUT2D eigenvalue weighted by Crippen LogP contribution is 2.01. The molecule has 1 unspecified atom stereocenters. The van der Waals surface area contributed by atoms with Gasteiger partial charge in [-0.1, -0.05) is 13.8 Å². The van der Waals surface area contributed by atoms with Crippen LogP contribution < -0.4 is 11.1 Å². The molecule has 0 fully saturated rings. The molecule has 4 nitrogen and oxygen atoms in total. The Morgan fingerprint density at radius 1 is 1.21 bits per heavy atom. The first kappa shape index (κ1) is 12.9. The summed E-state index contributed by atoms with van der Waals surface area (Å²) < 4.78 is 0. The van der Waals surface area contributed by atoms with Gasteiger partial charge in [-0.05, 0) is 20.3 Å². The van der Waals surface area contributed by atoms with E-state index in [-0.39, 0.29) is 0 Å². The van der Waals surface area contributed by atoms with Crippen molar-refractivity contribution in [3.8, 4) is 0 Å². The summed E-state index contributed by atoms with van der Waals surface area (Å²) >= 11 is 0. The molecule has 0 aliphatic rings. The minimum Gasteiger partial charge on any atom is -0.370 e. The Labute approximate surface area is 86.7 Å². The van der Waals surface area contributed by atoms with E-state index in [1.165, 1.54) is 0 Å². The Bertz CT molecular complexity index is 208. The molecule has 0 aliphatic carbocycles. The quantitative estimate of drug-likeness (QED) is 0.529. The average molecular weight is 198 g/mol. The third kappa shape index (κ3) is 4.84. The van der Waals surface area contributed by atoms with Crippen molar-refractivity contribution in [3.63, 3.8) is 0 Å². The van der Waals surface area contributed by atoms with Gasteiger partial charge < -0.3 is 11.1 Å². The normalized spacial score (nSPS) is 15.4. The van der Waals surface area contributed by atoms with E-state index in [0.29, 0.717) is 18.4 Å². The maximum Gasteiger partial charge on any atom is 0.194 e. The summed E-state index contributed by atoms with van der Waals surface area (Å²) in [5, 5.41) is 3.05. The number of nitrogens with one attached hydrogen (secondary N) is 1. The van der Waals surface area contributed by atoms with E-state index in [4.69, 9.17) is 5.73 Å². The molecule has 0 aromatic heterocycles. The number of hydrogen-bond donors (Lipinski definition) is 2. The fourth-order valence-corrected chi connectivity index (χ4v) is 1.02. The molecular formula is C10H22N4. The van der Waals surface area contributed by atoms with Crippen LogP contribution >= 0.6 is 0 Å². The molecule has 0 radical (unpaired) electrons. The number of guanidine groups is 1. The lowest BCUT2D eigenvalue weighted by molar-refractivity contribution is 0.718. The lowest BCUT2D eigenvalue weighted by Crippen LogP contribution is -2.40. The van der Waals surface area contributed by atoms with E-state index in [1.807, 2.05) is 13.8 Å². The van der Waals surface area contributed by atoms with Crippen molar-refractivity contribution in [3.05, 3.63) is 0 Å². The second-order valence-corrected chi connectivity index (χ2v) is 3.15. The van der Waals surface area contributed by atoms with Crippen LogP contribution in [0.1, 0.15) is 34.1 Å². The molecule has 3 N–H and O–H groups in total. The standard InChI is InChI=1S/C10H22N4/c1-5-8(4)9(12-6-2)14-10(11)13-7-3/h8H,5-7H2,1-4H3,(H3,11,12,13,14). The van der Waals surface area contributed by atoms with Gasteiger partial charge in [0.15, 0.2) is 5.96 Å². The fourth-order valence-electron chi connectivity index (χ4n) is 1.02. The van der Waals surface area contributed by atoms with Crippen LogP contribution in [-0.4, -0.2) is 24.9 Å². The average Bonchev–Trinajstić information content (AvgIpc) is 2.16. The molecule has 82 valence electrons. The van der Waals surface area contributed by atoms with Crippen molar-refractivity contribution in [2.45, 2.75) is 34.1 Å². The fraction of sp³-hybridized carbons (Fsp3) is 0.800. The van der Waals surface area contributed by atoms with Crippen molar-refractivity contribution in [1.29, 1.82) is 0 Å². The van der Waals surface area contributed by atoms with Gasteiger partial charge in [-0.3, -0.25) is 9.98 Å². The van der Waals surface area contributed by atoms with E-state index < -0.39 is 0 Å². The van der Waals surface area contributed by atoms with Crippen molar-refractivity contribution < 1.29 is 0 Å². The van der Waals surface area contributed by atoms with Gasteiger partial charge in [0, 0.05) is 19.0 Å². The monoisotopic (exact) mass is 198 g/mol. The first-order chi connectivity index (χ1) is 6.65. The molecule has 0 amide bonds. The zero-order valence-corrected chi connectivity index (χ0v) is 9.67. The minimum absolute atomic E-state index is 0.403. The van der Waals surface area contributed by atoms with Crippen LogP contribution in [0.2, 0.25) is 0 Å². The van der Waals surface area contributed by atoms with E-state index in [2.05, 4.69) is 29.1 Å². The summed E-state index contributed by atoms with van der Waals surface area (Å²) in [6.45, 7) is 9.68. The molecule has 4 heteroatoms. The molecular weight excluding hydrogens is 176 g/mol. The zero-order valence-electron chi connectivity index (χ0n) is 9.67. The SMILES string of the molecule is CCN=C(N)NC(=NCC)C(C)CC. The third-order valence-corrected chi connectivity index (χ3v) is 1.99. The van der Waals surface area contributed by atoms with Gasteiger partial charge in [-0.2, -0.15) is 0 Å². The summed E-state index contributed by atoms with van der Waals surface area (Å²) in [4.78, 5) is 8.43. The van der Waals surface area contributed by atoms with E-state index in [0.717, 1.165) is 18.8 Å². The van der Waals surface area contributed by atoms with Crippen LogP contribution in [0.5, 0.6) is 0 Å². The van der Waals surface area contributed by atoms with Gasteiger partial charge in [0.25, 0.3) is 0 Å². The highest BCUT2D eigenvalue weighted by molar-refractivity contribution is 5.99. The minimum atomic E-state index is 0.403.